The minimum absolute atomic E-state index is 0.126. The fourth-order valence-electron chi connectivity index (χ4n) is 2.53. The lowest BCUT2D eigenvalue weighted by molar-refractivity contribution is -0.116. The molecule has 1 atom stereocenters. The molecule has 0 radical (unpaired) electrons. The number of rotatable bonds is 4. The van der Waals surface area contributed by atoms with E-state index in [4.69, 9.17) is 0 Å². The number of H-pyrrole nitrogens is 1. The minimum atomic E-state index is -0.264. The first kappa shape index (κ1) is 14.6. The van der Waals surface area contributed by atoms with Crippen LogP contribution in [-0.4, -0.2) is 21.6 Å². The van der Waals surface area contributed by atoms with Crippen LogP contribution in [0.4, 0.5) is 5.82 Å². The Morgan fingerprint density at radius 1 is 1.32 bits per heavy atom. The number of nitrogens with zero attached hydrogens (tertiary/aromatic N) is 1. The van der Waals surface area contributed by atoms with Gasteiger partial charge in [0.1, 0.15) is 5.82 Å². The minimum Gasteiger partial charge on any atom is -0.310 e. The zero-order chi connectivity index (χ0) is 15.5. The third kappa shape index (κ3) is 2.82. The molecule has 1 aliphatic heterocycles. The molecule has 0 fully saturated rings. The molecule has 2 N–H and O–H groups in total. The molecule has 0 bridgehead atoms. The van der Waals surface area contributed by atoms with Gasteiger partial charge in [0, 0.05) is 18.1 Å². The van der Waals surface area contributed by atoms with Crippen LogP contribution in [0.25, 0.3) is 0 Å². The van der Waals surface area contributed by atoms with Gasteiger partial charge < -0.3 is 10.3 Å². The van der Waals surface area contributed by atoms with Gasteiger partial charge in [-0.25, -0.2) is 4.98 Å². The van der Waals surface area contributed by atoms with Gasteiger partial charge in [-0.05, 0) is 5.56 Å². The molecule has 1 aromatic heterocycles. The number of hydrogen-bond acceptors (Lipinski definition) is 4. The average molecular weight is 313 g/mol. The Labute approximate surface area is 131 Å². The number of hydrogen-bond donors (Lipinski definition) is 2. The fraction of sp³-hybridized carbons (Fsp3) is 0.188. The van der Waals surface area contributed by atoms with Crippen LogP contribution in [0, 0.1) is 0 Å². The van der Waals surface area contributed by atoms with E-state index in [9.17, 15) is 9.59 Å². The lowest BCUT2D eigenvalue weighted by atomic mass is 9.87. The van der Waals surface area contributed by atoms with Gasteiger partial charge in [0.05, 0.1) is 5.56 Å². The number of aromatic nitrogens is 2. The van der Waals surface area contributed by atoms with Crippen molar-refractivity contribution in [2.75, 3.05) is 11.1 Å². The summed E-state index contributed by atoms with van der Waals surface area (Å²) < 4.78 is 0. The maximum absolute atomic E-state index is 12.5. The standard InChI is InChI=1S/C16H15N3O2S/c1-2-8-22-16-18-14-13(15(21)19-16)11(9-12(20)17-14)10-6-4-3-5-7-10/h2-7,11H,1,8-9H2,(H2,17,18,19,20,21)/t11-/m0/s1. The van der Waals surface area contributed by atoms with E-state index in [0.29, 0.717) is 22.3 Å². The number of aromatic amines is 1. The van der Waals surface area contributed by atoms with Crippen molar-refractivity contribution in [3.63, 3.8) is 0 Å². The second kappa shape index (κ2) is 6.19. The number of carbonyl (C=O) groups is 1. The van der Waals surface area contributed by atoms with E-state index in [1.165, 1.54) is 11.8 Å². The van der Waals surface area contributed by atoms with Crippen LogP contribution in [0.15, 0.2) is 52.9 Å². The van der Waals surface area contributed by atoms with Crippen LogP contribution >= 0.6 is 11.8 Å². The van der Waals surface area contributed by atoms with E-state index in [2.05, 4.69) is 21.9 Å². The topological polar surface area (TPSA) is 74.8 Å². The molecule has 22 heavy (non-hydrogen) atoms. The molecule has 0 unspecified atom stereocenters. The summed E-state index contributed by atoms with van der Waals surface area (Å²) >= 11 is 1.37. The quantitative estimate of drug-likeness (QED) is 0.517. The third-order valence-electron chi connectivity index (χ3n) is 3.47. The Morgan fingerprint density at radius 3 is 2.82 bits per heavy atom. The van der Waals surface area contributed by atoms with Gasteiger partial charge in [-0.3, -0.25) is 9.59 Å². The van der Waals surface area contributed by atoms with Gasteiger partial charge in [-0.15, -0.1) is 6.58 Å². The molecule has 1 amide bonds. The Kier molecular flexibility index (Phi) is 4.11. The molecule has 3 rings (SSSR count). The Morgan fingerprint density at radius 2 is 2.09 bits per heavy atom. The van der Waals surface area contributed by atoms with Gasteiger partial charge in [-0.2, -0.15) is 0 Å². The second-order valence-corrected chi connectivity index (χ2v) is 5.96. The number of thioether (sulfide) groups is 1. The molecular weight excluding hydrogens is 298 g/mol. The number of amides is 1. The van der Waals surface area contributed by atoms with Crippen molar-refractivity contribution in [2.24, 2.45) is 0 Å². The number of nitrogens with one attached hydrogen (secondary N) is 2. The first-order valence-corrected chi connectivity index (χ1v) is 7.90. The van der Waals surface area contributed by atoms with Crippen LogP contribution in [0.2, 0.25) is 0 Å². The molecular formula is C16H15N3O2S. The largest absolute Gasteiger partial charge is 0.310 e. The highest BCUT2D eigenvalue weighted by Gasteiger charge is 2.30. The van der Waals surface area contributed by atoms with Crippen molar-refractivity contribution in [3.05, 3.63) is 64.5 Å². The van der Waals surface area contributed by atoms with Crippen molar-refractivity contribution in [2.45, 2.75) is 17.5 Å². The zero-order valence-electron chi connectivity index (χ0n) is 11.8. The highest BCUT2D eigenvalue weighted by atomic mass is 32.2. The van der Waals surface area contributed by atoms with Crippen LogP contribution in [0.3, 0.4) is 0 Å². The summed E-state index contributed by atoms with van der Waals surface area (Å²) in [6, 6.07) is 9.55. The van der Waals surface area contributed by atoms with Crippen molar-refractivity contribution in [1.82, 2.24) is 9.97 Å². The first-order valence-electron chi connectivity index (χ1n) is 6.91. The molecule has 112 valence electrons. The maximum Gasteiger partial charge on any atom is 0.257 e. The predicted molar refractivity (Wildman–Crippen MR) is 87.3 cm³/mol. The first-order chi connectivity index (χ1) is 10.7. The Balaban J connectivity index is 2.07. The average Bonchev–Trinajstić information content (AvgIpc) is 2.52. The molecule has 0 saturated heterocycles. The maximum atomic E-state index is 12.5. The van der Waals surface area contributed by atoms with Crippen molar-refractivity contribution in [3.8, 4) is 0 Å². The van der Waals surface area contributed by atoms with Gasteiger partial charge in [0.25, 0.3) is 5.56 Å². The molecule has 1 aliphatic rings. The van der Waals surface area contributed by atoms with Crippen molar-refractivity contribution in [1.29, 1.82) is 0 Å². The fourth-order valence-corrected chi connectivity index (χ4v) is 3.12. The van der Waals surface area contributed by atoms with E-state index in [-0.39, 0.29) is 23.8 Å². The molecule has 6 heteroatoms. The zero-order valence-corrected chi connectivity index (χ0v) is 12.7. The van der Waals surface area contributed by atoms with Crippen LogP contribution in [-0.2, 0) is 4.79 Å². The van der Waals surface area contributed by atoms with E-state index >= 15 is 0 Å². The predicted octanol–water partition coefficient (Wildman–Crippen LogP) is 2.52. The molecule has 0 aliphatic carbocycles. The molecule has 0 spiro atoms. The summed E-state index contributed by atoms with van der Waals surface area (Å²) in [6.45, 7) is 3.64. The molecule has 2 heterocycles. The summed E-state index contributed by atoms with van der Waals surface area (Å²) in [6.07, 6.45) is 1.98. The van der Waals surface area contributed by atoms with Crippen LogP contribution in [0.5, 0.6) is 0 Å². The summed E-state index contributed by atoms with van der Waals surface area (Å²) in [7, 11) is 0. The summed E-state index contributed by atoms with van der Waals surface area (Å²) in [4.78, 5) is 31.6. The number of benzene rings is 1. The highest BCUT2D eigenvalue weighted by Crippen LogP contribution is 2.34. The molecule has 1 aromatic carbocycles. The molecule has 5 nitrogen and oxygen atoms in total. The smallest absolute Gasteiger partial charge is 0.257 e. The van der Waals surface area contributed by atoms with E-state index in [0.717, 1.165) is 5.56 Å². The van der Waals surface area contributed by atoms with Crippen molar-refractivity contribution < 1.29 is 4.79 Å². The van der Waals surface area contributed by atoms with Gasteiger partial charge in [-0.1, -0.05) is 48.2 Å². The number of anilines is 1. The van der Waals surface area contributed by atoms with Gasteiger partial charge in [0.15, 0.2) is 5.16 Å². The number of carbonyl (C=O) groups excluding carboxylic acids is 1. The lowest BCUT2D eigenvalue weighted by Gasteiger charge is -2.24. The highest BCUT2D eigenvalue weighted by molar-refractivity contribution is 7.99. The van der Waals surface area contributed by atoms with Crippen LogP contribution < -0.4 is 10.9 Å². The SMILES string of the molecule is C=CCSc1nc2c(c(=O)[nH]1)[C@H](c1ccccc1)CC(=O)N2. The Hall–Kier alpha value is -2.34. The van der Waals surface area contributed by atoms with E-state index in [1.54, 1.807) is 6.08 Å². The Bertz CT molecular complexity index is 771. The second-order valence-electron chi connectivity index (χ2n) is 4.95. The molecule has 2 aromatic rings. The summed E-state index contributed by atoms with van der Waals surface area (Å²) in [5.74, 6) is 0.608. The van der Waals surface area contributed by atoms with E-state index < -0.39 is 0 Å². The normalized spacial score (nSPS) is 16.7. The van der Waals surface area contributed by atoms with Crippen molar-refractivity contribution >= 4 is 23.5 Å². The molecule has 0 saturated carbocycles. The van der Waals surface area contributed by atoms with E-state index in [1.807, 2.05) is 30.3 Å². The van der Waals surface area contributed by atoms with Crippen LogP contribution in [0.1, 0.15) is 23.5 Å². The summed E-state index contributed by atoms with van der Waals surface area (Å²) in [5, 5.41) is 3.19. The summed E-state index contributed by atoms with van der Waals surface area (Å²) in [5.41, 5.74) is 1.26. The number of fused-ring (bicyclic) bond motifs is 1. The lowest BCUT2D eigenvalue weighted by Crippen LogP contribution is -2.31. The van der Waals surface area contributed by atoms with Gasteiger partial charge >= 0.3 is 0 Å². The monoisotopic (exact) mass is 313 g/mol. The van der Waals surface area contributed by atoms with Gasteiger partial charge in [0.2, 0.25) is 5.91 Å². The third-order valence-corrected chi connectivity index (χ3v) is 4.34.